The van der Waals surface area contributed by atoms with Crippen molar-refractivity contribution in [3.63, 3.8) is 0 Å². The van der Waals surface area contributed by atoms with Gasteiger partial charge in [-0.2, -0.15) is 9.97 Å². The van der Waals surface area contributed by atoms with E-state index in [9.17, 15) is 9.59 Å². The van der Waals surface area contributed by atoms with Crippen LogP contribution in [0.1, 0.15) is 70.7 Å². The van der Waals surface area contributed by atoms with E-state index in [0.29, 0.717) is 40.6 Å². The number of ether oxygens (including phenoxy) is 3. The van der Waals surface area contributed by atoms with Gasteiger partial charge in [0.05, 0.1) is 17.5 Å². The van der Waals surface area contributed by atoms with E-state index in [1.165, 1.54) is 0 Å². The fourth-order valence-electron chi connectivity index (χ4n) is 5.17. The number of esters is 2. The highest BCUT2D eigenvalue weighted by atomic mass is 16.6. The number of nitrogen functional groups attached to an aromatic ring is 1. The summed E-state index contributed by atoms with van der Waals surface area (Å²) < 4.78 is 20.3. The molecule has 0 spiro atoms. The highest BCUT2D eigenvalue weighted by Gasteiger charge is 2.52. The van der Waals surface area contributed by atoms with Crippen LogP contribution < -0.4 is 11.1 Å². The summed E-state index contributed by atoms with van der Waals surface area (Å²) in [5.74, 6) is -0.276. The van der Waals surface area contributed by atoms with E-state index >= 15 is 0 Å². The van der Waals surface area contributed by atoms with Crippen molar-refractivity contribution in [2.45, 2.75) is 70.4 Å². The van der Waals surface area contributed by atoms with Gasteiger partial charge in [-0.05, 0) is 57.4 Å². The number of nitrogens with zero attached hydrogens (tertiary/aromatic N) is 4. The fraction of sp³-hybridized carbons (Fsp3) is 0.387. The molecule has 6 rings (SSSR count). The number of aryl methyl sites for hydroxylation is 2. The molecule has 2 aliphatic rings. The van der Waals surface area contributed by atoms with Gasteiger partial charge in [0.25, 0.3) is 0 Å². The molecule has 3 heterocycles. The van der Waals surface area contributed by atoms with E-state index in [4.69, 9.17) is 19.9 Å². The van der Waals surface area contributed by atoms with Gasteiger partial charge < -0.3 is 25.3 Å². The number of carbonyl (C=O) groups excluding carboxylic acids is 2. The highest BCUT2D eigenvalue weighted by Crippen LogP contribution is 2.43. The summed E-state index contributed by atoms with van der Waals surface area (Å²) >= 11 is 0. The summed E-state index contributed by atoms with van der Waals surface area (Å²) in [6.45, 7) is 5.70. The first-order valence-electron chi connectivity index (χ1n) is 14.2. The lowest BCUT2D eigenvalue weighted by atomic mass is 9.94. The fourth-order valence-corrected chi connectivity index (χ4v) is 5.17. The first kappa shape index (κ1) is 27.6. The number of rotatable bonds is 9. The number of fused-ring (bicyclic) bond motifs is 1. The number of imidazole rings is 1. The second-order valence-corrected chi connectivity index (χ2v) is 11.1. The van der Waals surface area contributed by atoms with Crippen LogP contribution in [0.4, 0.5) is 11.8 Å². The molecule has 1 aliphatic heterocycles. The van der Waals surface area contributed by atoms with Crippen molar-refractivity contribution in [1.29, 1.82) is 0 Å². The van der Waals surface area contributed by atoms with Crippen molar-refractivity contribution in [1.82, 2.24) is 19.5 Å². The number of hydrogen-bond acceptors (Lipinski definition) is 10. The minimum atomic E-state index is -1.12. The van der Waals surface area contributed by atoms with E-state index in [0.717, 1.165) is 24.0 Å². The molecule has 11 nitrogen and oxygen atoms in total. The quantitative estimate of drug-likeness (QED) is 0.271. The number of aromatic nitrogens is 4. The van der Waals surface area contributed by atoms with Crippen molar-refractivity contribution in [2.24, 2.45) is 0 Å². The normalized spacial score (nSPS) is 21.8. The number of nitrogens with one attached hydrogen (secondary N) is 1. The van der Waals surface area contributed by atoms with Crippen molar-refractivity contribution in [3.8, 4) is 0 Å². The van der Waals surface area contributed by atoms with Gasteiger partial charge in [-0.25, -0.2) is 14.6 Å². The molecule has 42 heavy (non-hydrogen) atoms. The number of hydrogen-bond donors (Lipinski definition) is 2. The van der Waals surface area contributed by atoms with E-state index in [1.807, 2.05) is 45.0 Å². The largest absolute Gasteiger partial charge is 0.459 e. The summed E-state index contributed by atoms with van der Waals surface area (Å²) in [6.07, 6.45) is 3.10. The van der Waals surface area contributed by atoms with Crippen LogP contribution in [0.25, 0.3) is 11.2 Å². The summed E-state index contributed by atoms with van der Waals surface area (Å²) in [7, 11) is 0. The Labute approximate surface area is 243 Å². The lowest BCUT2D eigenvalue weighted by molar-refractivity contribution is -0.132. The van der Waals surface area contributed by atoms with Gasteiger partial charge in [0.1, 0.15) is 24.5 Å². The SMILES string of the molecule is CC[C@]1(COC(=O)c2ccc(C)cc2)O[C@@H](n2cnc3c(NC4CC4)nc(N)nc32)C[C@@H]1OC(=O)c1ccc(C)cc1. The van der Waals surface area contributed by atoms with Crippen LogP contribution in [0.2, 0.25) is 0 Å². The third-order valence-corrected chi connectivity index (χ3v) is 7.91. The molecule has 2 aromatic carbocycles. The Morgan fingerprint density at radius 1 is 1.02 bits per heavy atom. The summed E-state index contributed by atoms with van der Waals surface area (Å²) in [4.78, 5) is 39.6. The lowest BCUT2D eigenvalue weighted by Crippen LogP contribution is -2.46. The predicted octanol–water partition coefficient (Wildman–Crippen LogP) is 4.75. The first-order chi connectivity index (χ1) is 20.2. The maximum atomic E-state index is 13.3. The molecule has 1 aliphatic carbocycles. The Hall–Kier alpha value is -4.51. The van der Waals surface area contributed by atoms with E-state index in [2.05, 4.69) is 20.3 Å². The average molecular weight is 571 g/mol. The van der Waals surface area contributed by atoms with Crippen molar-refractivity contribution in [3.05, 3.63) is 77.1 Å². The van der Waals surface area contributed by atoms with Crippen LogP contribution in [0.3, 0.4) is 0 Å². The predicted molar refractivity (Wildman–Crippen MR) is 156 cm³/mol. The molecule has 11 heteroatoms. The van der Waals surface area contributed by atoms with Crippen molar-refractivity contribution < 1.29 is 23.8 Å². The van der Waals surface area contributed by atoms with Gasteiger partial charge in [-0.1, -0.05) is 42.3 Å². The van der Waals surface area contributed by atoms with Gasteiger partial charge >= 0.3 is 11.9 Å². The Kier molecular flexibility index (Phi) is 7.28. The third-order valence-electron chi connectivity index (χ3n) is 7.91. The minimum Gasteiger partial charge on any atom is -0.459 e. The maximum absolute atomic E-state index is 13.3. The first-order valence-corrected chi connectivity index (χ1v) is 14.2. The van der Waals surface area contributed by atoms with Crippen molar-refractivity contribution in [2.75, 3.05) is 17.7 Å². The lowest BCUT2D eigenvalue weighted by Gasteiger charge is -2.32. The molecule has 1 saturated carbocycles. The second kappa shape index (κ2) is 11.1. The van der Waals surface area contributed by atoms with E-state index < -0.39 is 29.9 Å². The maximum Gasteiger partial charge on any atom is 0.338 e. The molecule has 0 amide bonds. The third kappa shape index (κ3) is 5.52. The average Bonchev–Trinajstić information content (AvgIpc) is 3.58. The van der Waals surface area contributed by atoms with Crippen LogP contribution in [-0.2, 0) is 14.2 Å². The number of benzene rings is 2. The highest BCUT2D eigenvalue weighted by molar-refractivity contribution is 5.90. The molecular formula is C31H34N6O5. The van der Waals surface area contributed by atoms with Gasteiger partial charge in [0.15, 0.2) is 17.0 Å². The van der Waals surface area contributed by atoms with Crippen LogP contribution in [0.5, 0.6) is 0 Å². The molecule has 1 saturated heterocycles. The standard InChI is InChI=1S/C31H34N6O5/c1-4-31(16-40-28(38)20-9-5-18(2)6-10-20)23(41-29(39)21-11-7-19(3)8-12-21)15-24(42-31)37-17-33-25-26(34-22-13-14-22)35-30(32)36-27(25)37/h5-12,17,22-24H,4,13-16H2,1-3H3,(H3,32,34,35,36)/t23-,24+,31+/m0/s1. The molecule has 218 valence electrons. The minimum absolute atomic E-state index is 0.113. The van der Waals surface area contributed by atoms with Gasteiger partial charge in [0, 0.05) is 12.5 Å². The molecule has 0 unspecified atom stereocenters. The zero-order chi connectivity index (χ0) is 29.4. The summed E-state index contributed by atoms with van der Waals surface area (Å²) in [5, 5.41) is 3.37. The van der Waals surface area contributed by atoms with Gasteiger partial charge in [-0.3, -0.25) is 4.57 Å². The van der Waals surface area contributed by atoms with E-state index in [1.54, 1.807) is 35.2 Å². The smallest absolute Gasteiger partial charge is 0.338 e. The molecule has 3 N–H and O–H groups in total. The Morgan fingerprint density at radius 3 is 2.29 bits per heavy atom. The zero-order valence-electron chi connectivity index (χ0n) is 23.9. The molecule has 3 atom stereocenters. The van der Waals surface area contributed by atoms with Gasteiger partial charge in [-0.15, -0.1) is 0 Å². The van der Waals surface area contributed by atoms with Crippen LogP contribution >= 0.6 is 0 Å². The molecule has 4 aromatic rings. The summed E-state index contributed by atoms with van der Waals surface area (Å²) in [5.41, 5.74) is 8.96. The molecule has 2 fully saturated rings. The topological polar surface area (TPSA) is 143 Å². The van der Waals surface area contributed by atoms with Crippen LogP contribution in [-0.4, -0.2) is 55.8 Å². The number of carbonyl (C=O) groups is 2. The molecule has 2 aromatic heterocycles. The Bertz CT molecular complexity index is 1620. The van der Waals surface area contributed by atoms with Crippen molar-refractivity contribution >= 4 is 34.9 Å². The zero-order valence-corrected chi connectivity index (χ0v) is 23.9. The monoisotopic (exact) mass is 570 g/mol. The van der Waals surface area contributed by atoms with E-state index in [-0.39, 0.29) is 19.0 Å². The summed E-state index contributed by atoms with van der Waals surface area (Å²) in [6, 6.07) is 14.7. The Morgan fingerprint density at radius 2 is 1.67 bits per heavy atom. The molecular weight excluding hydrogens is 536 g/mol. The number of anilines is 2. The molecule has 0 bridgehead atoms. The molecule has 0 radical (unpaired) electrons. The second-order valence-electron chi connectivity index (χ2n) is 11.1. The number of nitrogens with two attached hydrogens (primary N) is 1. The Balaban J connectivity index is 1.30. The van der Waals surface area contributed by atoms with Gasteiger partial charge in [0.2, 0.25) is 5.95 Å². The van der Waals surface area contributed by atoms with Crippen LogP contribution in [0, 0.1) is 13.8 Å². The van der Waals surface area contributed by atoms with Crippen LogP contribution in [0.15, 0.2) is 54.9 Å².